The molecule has 66 valence electrons. The fourth-order valence-electron chi connectivity index (χ4n) is 1.13. The summed E-state index contributed by atoms with van der Waals surface area (Å²) >= 11 is 0. The Morgan fingerprint density at radius 1 is 1.83 bits per heavy atom. The highest BCUT2D eigenvalue weighted by molar-refractivity contribution is 5.75. The van der Waals surface area contributed by atoms with Crippen LogP contribution in [0, 0.1) is 6.92 Å². The van der Waals surface area contributed by atoms with Crippen molar-refractivity contribution in [1.82, 2.24) is 10.2 Å². The number of carboxylic acids is 1. The van der Waals surface area contributed by atoms with Gasteiger partial charge in [-0.2, -0.15) is 5.10 Å². The Hall–Kier alpha value is -1.32. The van der Waals surface area contributed by atoms with Gasteiger partial charge in [0.1, 0.15) is 5.92 Å². The van der Waals surface area contributed by atoms with Gasteiger partial charge in [-0.1, -0.05) is 6.92 Å². The van der Waals surface area contributed by atoms with Gasteiger partial charge in [0.25, 0.3) is 0 Å². The summed E-state index contributed by atoms with van der Waals surface area (Å²) in [6.45, 7) is 3.69. The molecule has 1 heterocycles. The highest BCUT2D eigenvalue weighted by Gasteiger charge is 2.19. The maximum Gasteiger partial charge on any atom is 0.312 e. The van der Waals surface area contributed by atoms with Crippen LogP contribution in [-0.4, -0.2) is 21.3 Å². The van der Waals surface area contributed by atoms with E-state index in [1.165, 1.54) is 0 Å². The molecule has 0 radical (unpaired) electrons. The van der Waals surface area contributed by atoms with Gasteiger partial charge >= 0.3 is 5.97 Å². The smallest absolute Gasteiger partial charge is 0.312 e. The van der Waals surface area contributed by atoms with Crippen LogP contribution in [0.4, 0.5) is 0 Å². The van der Waals surface area contributed by atoms with Crippen LogP contribution in [0.5, 0.6) is 0 Å². The maximum atomic E-state index is 10.7. The normalized spacial score (nSPS) is 12.8. The van der Waals surface area contributed by atoms with Crippen molar-refractivity contribution in [1.29, 1.82) is 0 Å². The summed E-state index contributed by atoms with van der Waals surface area (Å²) in [5.41, 5.74) is 1.51. The van der Waals surface area contributed by atoms with Crippen molar-refractivity contribution < 1.29 is 9.90 Å². The largest absolute Gasteiger partial charge is 0.481 e. The molecular weight excluding hydrogens is 156 g/mol. The van der Waals surface area contributed by atoms with Crippen molar-refractivity contribution in [3.05, 3.63) is 17.5 Å². The monoisotopic (exact) mass is 168 g/mol. The third kappa shape index (κ3) is 1.64. The van der Waals surface area contributed by atoms with Crippen molar-refractivity contribution in [3.63, 3.8) is 0 Å². The number of aryl methyl sites for hydroxylation is 1. The Balaban J connectivity index is 2.87. The number of rotatable bonds is 3. The fraction of sp³-hybridized carbons (Fsp3) is 0.500. The van der Waals surface area contributed by atoms with Crippen LogP contribution < -0.4 is 0 Å². The molecule has 12 heavy (non-hydrogen) atoms. The zero-order valence-corrected chi connectivity index (χ0v) is 7.16. The van der Waals surface area contributed by atoms with Crippen molar-refractivity contribution in [2.24, 2.45) is 0 Å². The van der Waals surface area contributed by atoms with Crippen LogP contribution in [-0.2, 0) is 4.79 Å². The lowest BCUT2D eigenvalue weighted by molar-refractivity contribution is -0.138. The average molecular weight is 168 g/mol. The van der Waals surface area contributed by atoms with Crippen molar-refractivity contribution >= 4 is 5.97 Å². The van der Waals surface area contributed by atoms with Crippen LogP contribution in [0.2, 0.25) is 0 Å². The zero-order chi connectivity index (χ0) is 9.14. The molecule has 0 aliphatic carbocycles. The van der Waals surface area contributed by atoms with Gasteiger partial charge in [0.15, 0.2) is 0 Å². The third-order valence-corrected chi connectivity index (χ3v) is 1.79. The molecule has 0 bridgehead atoms. The Bertz CT molecular complexity index is 280. The van der Waals surface area contributed by atoms with E-state index in [0.717, 1.165) is 5.69 Å². The van der Waals surface area contributed by atoms with Crippen molar-refractivity contribution in [2.75, 3.05) is 0 Å². The minimum absolute atomic E-state index is 0.477. The molecule has 0 aromatic carbocycles. The molecule has 4 heteroatoms. The molecule has 4 nitrogen and oxygen atoms in total. The van der Waals surface area contributed by atoms with E-state index < -0.39 is 11.9 Å². The second-order valence-electron chi connectivity index (χ2n) is 2.77. The van der Waals surface area contributed by atoms with Gasteiger partial charge in [-0.15, -0.1) is 0 Å². The molecule has 1 atom stereocenters. The molecule has 1 rings (SSSR count). The molecular formula is C8H12N2O2. The predicted molar refractivity (Wildman–Crippen MR) is 44.0 cm³/mol. The molecule has 0 aliphatic heterocycles. The van der Waals surface area contributed by atoms with Crippen LogP contribution in [0.15, 0.2) is 6.07 Å². The lowest BCUT2D eigenvalue weighted by Gasteiger charge is -2.03. The maximum absolute atomic E-state index is 10.7. The Kier molecular flexibility index (Phi) is 2.47. The molecule has 0 saturated heterocycles. The van der Waals surface area contributed by atoms with Gasteiger partial charge in [0.2, 0.25) is 0 Å². The van der Waals surface area contributed by atoms with E-state index >= 15 is 0 Å². The number of hydrogen-bond donors (Lipinski definition) is 2. The summed E-state index contributed by atoms with van der Waals surface area (Å²) in [6, 6.07) is 1.77. The molecule has 0 amide bonds. The molecule has 1 aromatic rings. The first-order chi connectivity index (χ1) is 5.65. The quantitative estimate of drug-likeness (QED) is 0.714. The van der Waals surface area contributed by atoms with Crippen LogP contribution in [0.1, 0.15) is 30.7 Å². The topological polar surface area (TPSA) is 66.0 Å². The first kappa shape index (κ1) is 8.77. The average Bonchev–Trinajstić information content (AvgIpc) is 2.37. The number of aromatic nitrogens is 2. The minimum Gasteiger partial charge on any atom is -0.481 e. The number of H-pyrrole nitrogens is 1. The molecule has 0 aliphatic rings. The van der Waals surface area contributed by atoms with E-state index in [4.69, 9.17) is 5.11 Å². The fourth-order valence-corrected chi connectivity index (χ4v) is 1.13. The van der Waals surface area contributed by atoms with Crippen LogP contribution in [0.3, 0.4) is 0 Å². The van der Waals surface area contributed by atoms with Crippen molar-refractivity contribution in [3.8, 4) is 0 Å². The van der Waals surface area contributed by atoms with Crippen LogP contribution >= 0.6 is 0 Å². The van der Waals surface area contributed by atoms with Crippen LogP contribution in [0.25, 0.3) is 0 Å². The molecule has 1 unspecified atom stereocenters. The Labute approximate surface area is 70.6 Å². The predicted octanol–water partition coefficient (Wildman–Crippen LogP) is 1.30. The number of carbonyl (C=O) groups is 1. The molecule has 2 N–H and O–H groups in total. The van der Waals surface area contributed by atoms with Gasteiger partial charge in [-0.05, 0) is 19.4 Å². The summed E-state index contributed by atoms with van der Waals surface area (Å²) in [5.74, 6) is -1.29. The van der Waals surface area contributed by atoms with E-state index in [-0.39, 0.29) is 0 Å². The number of aliphatic carboxylic acids is 1. The molecule has 0 spiro atoms. The first-order valence-electron chi connectivity index (χ1n) is 3.90. The summed E-state index contributed by atoms with van der Waals surface area (Å²) in [5, 5.41) is 15.4. The van der Waals surface area contributed by atoms with Gasteiger partial charge in [0.05, 0.1) is 5.69 Å². The number of nitrogens with one attached hydrogen (secondary N) is 1. The molecule has 1 aromatic heterocycles. The lowest BCUT2D eigenvalue weighted by atomic mass is 10.0. The third-order valence-electron chi connectivity index (χ3n) is 1.79. The van der Waals surface area contributed by atoms with E-state index in [9.17, 15) is 4.79 Å². The summed E-state index contributed by atoms with van der Waals surface area (Å²) in [4.78, 5) is 10.7. The van der Waals surface area contributed by atoms with E-state index in [2.05, 4.69) is 10.2 Å². The standard InChI is InChI=1S/C8H12N2O2/c1-3-6(8(11)12)7-4-5(2)9-10-7/h4,6H,3H2,1-2H3,(H,9,10)(H,11,12). The van der Waals surface area contributed by atoms with Gasteiger partial charge in [-0.25, -0.2) is 0 Å². The summed E-state index contributed by atoms with van der Waals surface area (Å²) < 4.78 is 0. The SMILES string of the molecule is CCC(C(=O)O)c1cc(C)[nH]n1. The molecule has 0 fully saturated rings. The first-order valence-corrected chi connectivity index (χ1v) is 3.90. The lowest BCUT2D eigenvalue weighted by Crippen LogP contribution is -2.10. The number of aromatic amines is 1. The van der Waals surface area contributed by atoms with Gasteiger partial charge in [0, 0.05) is 5.69 Å². The zero-order valence-electron chi connectivity index (χ0n) is 7.16. The highest BCUT2D eigenvalue weighted by Crippen LogP contribution is 2.17. The minimum atomic E-state index is -0.816. The van der Waals surface area contributed by atoms with Gasteiger partial charge < -0.3 is 5.11 Å². The number of hydrogen-bond acceptors (Lipinski definition) is 2. The van der Waals surface area contributed by atoms with E-state index in [1.807, 2.05) is 13.8 Å². The molecule has 0 saturated carbocycles. The second-order valence-corrected chi connectivity index (χ2v) is 2.77. The number of nitrogens with zero attached hydrogens (tertiary/aromatic N) is 1. The van der Waals surface area contributed by atoms with E-state index in [0.29, 0.717) is 12.1 Å². The Morgan fingerprint density at radius 2 is 2.50 bits per heavy atom. The number of carboxylic acid groups (broad SMARTS) is 1. The Morgan fingerprint density at radius 3 is 2.83 bits per heavy atom. The summed E-state index contributed by atoms with van der Waals surface area (Å²) in [6.07, 6.45) is 0.569. The summed E-state index contributed by atoms with van der Waals surface area (Å²) in [7, 11) is 0. The van der Waals surface area contributed by atoms with Crippen molar-refractivity contribution in [2.45, 2.75) is 26.2 Å². The highest BCUT2D eigenvalue weighted by atomic mass is 16.4. The second kappa shape index (κ2) is 3.38. The van der Waals surface area contributed by atoms with E-state index in [1.54, 1.807) is 6.07 Å². The van der Waals surface area contributed by atoms with Gasteiger partial charge in [-0.3, -0.25) is 9.89 Å².